The molecule has 72 valence electrons. The standard InChI is InChI=1S/C13H14O/c1-3-10-7-12-9(2)5-4-6-11(12)8-13(10)14/h4-8,14H,3H2,1-2H3. The average molecular weight is 186 g/mol. The van der Waals surface area contributed by atoms with Crippen LogP contribution in [0, 0.1) is 6.92 Å². The summed E-state index contributed by atoms with van der Waals surface area (Å²) in [4.78, 5) is 0. The highest BCUT2D eigenvalue weighted by molar-refractivity contribution is 5.87. The Kier molecular flexibility index (Phi) is 2.16. The molecule has 0 radical (unpaired) electrons. The van der Waals surface area contributed by atoms with Crippen molar-refractivity contribution >= 4 is 10.8 Å². The first-order valence-electron chi connectivity index (χ1n) is 4.93. The first-order valence-corrected chi connectivity index (χ1v) is 4.93. The van der Waals surface area contributed by atoms with Crippen molar-refractivity contribution in [3.8, 4) is 5.75 Å². The van der Waals surface area contributed by atoms with Gasteiger partial charge in [-0.25, -0.2) is 0 Å². The zero-order valence-corrected chi connectivity index (χ0v) is 8.54. The van der Waals surface area contributed by atoms with Crippen LogP contribution >= 0.6 is 0 Å². The molecule has 0 aliphatic rings. The van der Waals surface area contributed by atoms with E-state index in [2.05, 4.69) is 26.0 Å². The van der Waals surface area contributed by atoms with Crippen LogP contribution in [0.15, 0.2) is 30.3 Å². The molecule has 0 aliphatic heterocycles. The van der Waals surface area contributed by atoms with Gasteiger partial charge in [-0.15, -0.1) is 0 Å². The minimum absolute atomic E-state index is 0.408. The fraction of sp³-hybridized carbons (Fsp3) is 0.231. The maximum absolute atomic E-state index is 9.70. The van der Waals surface area contributed by atoms with Crippen LogP contribution in [0.4, 0.5) is 0 Å². The number of phenols is 1. The SMILES string of the molecule is CCc1cc2c(C)cccc2cc1O. The summed E-state index contributed by atoms with van der Waals surface area (Å²) in [5, 5.41) is 12.0. The second kappa shape index (κ2) is 3.33. The minimum Gasteiger partial charge on any atom is -0.508 e. The second-order valence-corrected chi connectivity index (χ2v) is 3.63. The van der Waals surface area contributed by atoms with E-state index in [0.29, 0.717) is 5.75 Å². The third-order valence-corrected chi connectivity index (χ3v) is 2.68. The van der Waals surface area contributed by atoms with E-state index in [9.17, 15) is 5.11 Å². The van der Waals surface area contributed by atoms with Gasteiger partial charge in [-0.3, -0.25) is 0 Å². The van der Waals surface area contributed by atoms with Gasteiger partial charge in [0, 0.05) is 0 Å². The zero-order chi connectivity index (χ0) is 10.1. The fourth-order valence-corrected chi connectivity index (χ4v) is 1.80. The Bertz CT molecular complexity index is 472. The van der Waals surface area contributed by atoms with Crippen molar-refractivity contribution in [2.75, 3.05) is 0 Å². The third-order valence-electron chi connectivity index (χ3n) is 2.68. The van der Waals surface area contributed by atoms with Gasteiger partial charge in [-0.1, -0.05) is 25.1 Å². The van der Waals surface area contributed by atoms with Gasteiger partial charge in [-0.05, 0) is 47.4 Å². The van der Waals surface area contributed by atoms with Crippen molar-refractivity contribution in [2.45, 2.75) is 20.3 Å². The Morgan fingerprint density at radius 3 is 2.71 bits per heavy atom. The number of aryl methyl sites for hydroxylation is 2. The van der Waals surface area contributed by atoms with E-state index in [-0.39, 0.29) is 0 Å². The van der Waals surface area contributed by atoms with Gasteiger partial charge in [0.15, 0.2) is 0 Å². The van der Waals surface area contributed by atoms with Crippen molar-refractivity contribution in [1.29, 1.82) is 0 Å². The van der Waals surface area contributed by atoms with Gasteiger partial charge in [-0.2, -0.15) is 0 Å². The minimum atomic E-state index is 0.408. The van der Waals surface area contributed by atoms with E-state index in [1.807, 2.05) is 18.2 Å². The van der Waals surface area contributed by atoms with Gasteiger partial charge >= 0.3 is 0 Å². The molecule has 1 nitrogen and oxygen atoms in total. The smallest absolute Gasteiger partial charge is 0.119 e. The van der Waals surface area contributed by atoms with Crippen LogP contribution in [0.2, 0.25) is 0 Å². The van der Waals surface area contributed by atoms with E-state index in [1.165, 1.54) is 10.9 Å². The summed E-state index contributed by atoms with van der Waals surface area (Å²) < 4.78 is 0. The monoisotopic (exact) mass is 186 g/mol. The number of hydrogen-bond donors (Lipinski definition) is 1. The molecule has 1 heteroatoms. The number of rotatable bonds is 1. The Balaban J connectivity index is 2.80. The van der Waals surface area contributed by atoms with Crippen LogP contribution in [0.25, 0.3) is 10.8 Å². The zero-order valence-electron chi connectivity index (χ0n) is 8.54. The molecule has 0 saturated carbocycles. The summed E-state index contributed by atoms with van der Waals surface area (Å²) in [7, 11) is 0. The molecule has 0 atom stereocenters. The molecule has 2 aromatic carbocycles. The lowest BCUT2D eigenvalue weighted by Gasteiger charge is -2.06. The molecule has 0 saturated heterocycles. The predicted molar refractivity (Wildman–Crippen MR) is 59.7 cm³/mol. The van der Waals surface area contributed by atoms with E-state index in [1.54, 1.807) is 0 Å². The normalized spacial score (nSPS) is 10.7. The highest BCUT2D eigenvalue weighted by Gasteiger charge is 2.03. The van der Waals surface area contributed by atoms with E-state index >= 15 is 0 Å². The Hall–Kier alpha value is -1.50. The molecule has 14 heavy (non-hydrogen) atoms. The van der Waals surface area contributed by atoms with E-state index < -0.39 is 0 Å². The van der Waals surface area contributed by atoms with E-state index in [0.717, 1.165) is 17.4 Å². The number of phenolic OH excluding ortho intramolecular Hbond substituents is 1. The molecule has 0 bridgehead atoms. The van der Waals surface area contributed by atoms with Crippen molar-refractivity contribution in [3.05, 3.63) is 41.5 Å². The lowest BCUT2D eigenvalue weighted by Crippen LogP contribution is -1.84. The quantitative estimate of drug-likeness (QED) is 0.723. The molecule has 2 rings (SSSR count). The summed E-state index contributed by atoms with van der Waals surface area (Å²) >= 11 is 0. The van der Waals surface area contributed by atoms with Crippen LogP contribution in [-0.2, 0) is 6.42 Å². The van der Waals surface area contributed by atoms with Gasteiger partial charge in [0.2, 0.25) is 0 Å². The Labute approximate surface area is 84.0 Å². The molecule has 0 unspecified atom stereocenters. The molecule has 1 N–H and O–H groups in total. The molecule has 0 spiro atoms. The highest BCUT2D eigenvalue weighted by Crippen LogP contribution is 2.27. The molecule has 2 aromatic rings. The topological polar surface area (TPSA) is 20.2 Å². The first-order chi connectivity index (χ1) is 6.72. The van der Waals surface area contributed by atoms with Crippen molar-refractivity contribution in [1.82, 2.24) is 0 Å². The number of hydrogen-bond acceptors (Lipinski definition) is 1. The lowest BCUT2D eigenvalue weighted by molar-refractivity contribution is 0.470. The van der Waals surface area contributed by atoms with Crippen LogP contribution in [-0.4, -0.2) is 5.11 Å². The summed E-state index contributed by atoms with van der Waals surface area (Å²) in [5.74, 6) is 0.408. The van der Waals surface area contributed by atoms with Crippen molar-refractivity contribution < 1.29 is 5.11 Å². The van der Waals surface area contributed by atoms with E-state index in [4.69, 9.17) is 0 Å². The fourth-order valence-electron chi connectivity index (χ4n) is 1.80. The Morgan fingerprint density at radius 1 is 1.21 bits per heavy atom. The average Bonchev–Trinajstić information content (AvgIpc) is 2.17. The molecule has 0 aliphatic carbocycles. The maximum atomic E-state index is 9.70. The number of fused-ring (bicyclic) bond motifs is 1. The van der Waals surface area contributed by atoms with Crippen molar-refractivity contribution in [2.24, 2.45) is 0 Å². The molecule has 0 amide bonds. The number of aromatic hydroxyl groups is 1. The largest absolute Gasteiger partial charge is 0.508 e. The van der Waals surface area contributed by atoms with Gasteiger partial charge in [0.25, 0.3) is 0 Å². The first kappa shape index (κ1) is 9.07. The molecular formula is C13H14O. The van der Waals surface area contributed by atoms with Gasteiger partial charge in [0.05, 0.1) is 0 Å². The highest BCUT2D eigenvalue weighted by atomic mass is 16.3. The van der Waals surface area contributed by atoms with Gasteiger partial charge in [0.1, 0.15) is 5.75 Å². The summed E-state index contributed by atoms with van der Waals surface area (Å²) in [6.07, 6.45) is 0.871. The molecule has 0 aromatic heterocycles. The lowest BCUT2D eigenvalue weighted by atomic mass is 10.0. The van der Waals surface area contributed by atoms with Crippen LogP contribution in [0.3, 0.4) is 0 Å². The van der Waals surface area contributed by atoms with Crippen molar-refractivity contribution in [3.63, 3.8) is 0 Å². The maximum Gasteiger partial charge on any atom is 0.119 e. The summed E-state index contributed by atoms with van der Waals surface area (Å²) in [6.45, 7) is 4.15. The third kappa shape index (κ3) is 1.35. The molecule has 0 fully saturated rings. The summed E-state index contributed by atoms with van der Waals surface area (Å²) in [6, 6.07) is 10.1. The van der Waals surface area contributed by atoms with Crippen LogP contribution in [0.1, 0.15) is 18.1 Å². The summed E-state index contributed by atoms with van der Waals surface area (Å²) in [5.41, 5.74) is 2.28. The second-order valence-electron chi connectivity index (χ2n) is 3.63. The molecular weight excluding hydrogens is 172 g/mol. The predicted octanol–water partition coefficient (Wildman–Crippen LogP) is 3.42. The van der Waals surface area contributed by atoms with Gasteiger partial charge < -0.3 is 5.11 Å². The van der Waals surface area contributed by atoms with Crippen LogP contribution in [0.5, 0.6) is 5.75 Å². The Morgan fingerprint density at radius 2 is 2.00 bits per heavy atom. The molecule has 0 heterocycles. The number of benzene rings is 2. The van der Waals surface area contributed by atoms with Crippen LogP contribution < -0.4 is 0 Å².